The first-order valence-electron chi connectivity index (χ1n) is 4.86. The summed E-state index contributed by atoms with van der Waals surface area (Å²) in [5.74, 6) is 0.716. The molecule has 0 aromatic carbocycles. The lowest BCUT2D eigenvalue weighted by atomic mass is 9.52. The van der Waals surface area contributed by atoms with Crippen molar-refractivity contribution in [3.8, 4) is 0 Å². The van der Waals surface area contributed by atoms with Crippen LogP contribution in [0.4, 0.5) is 0 Å². The molecule has 2 bridgehead atoms. The van der Waals surface area contributed by atoms with Crippen molar-refractivity contribution in [2.24, 2.45) is 11.3 Å². The van der Waals surface area contributed by atoms with Gasteiger partial charge in [0.1, 0.15) is 0 Å². The number of hydrogen-bond donors (Lipinski definition) is 0. The van der Waals surface area contributed by atoms with Gasteiger partial charge in [-0.3, -0.25) is 0 Å². The van der Waals surface area contributed by atoms with E-state index in [1.54, 1.807) is 0 Å². The van der Waals surface area contributed by atoms with Crippen LogP contribution in [0.2, 0.25) is 0 Å². The Morgan fingerprint density at radius 3 is 2.75 bits per heavy atom. The van der Waals surface area contributed by atoms with Crippen LogP contribution in [0, 0.1) is 11.3 Å². The van der Waals surface area contributed by atoms with Gasteiger partial charge in [0.05, 0.1) is 11.7 Å². The number of rotatable bonds is 0. The molecule has 2 nitrogen and oxygen atoms in total. The van der Waals surface area contributed by atoms with E-state index < -0.39 is 0 Å². The summed E-state index contributed by atoms with van der Waals surface area (Å²) in [7, 11) is 0. The SMILES string of the molecule is CC1(C)O[C@@H]2C[C@]3(C)C1C[C@@H]3O2. The molecule has 0 amide bonds. The number of fused-ring (bicyclic) bond motifs is 1. The molecule has 2 heterocycles. The molecule has 2 aliphatic heterocycles. The van der Waals surface area contributed by atoms with Gasteiger partial charge in [0.15, 0.2) is 6.29 Å². The molecule has 0 radical (unpaired) electrons. The molecule has 68 valence electrons. The van der Waals surface area contributed by atoms with Gasteiger partial charge in [-0.1, -0.05) is 6.92 Å². The van der Waals surface area contributed by atoms with Gasteiger partial charge in [0.25, 0.3) is 0 Å². The monoisotopic (exact) mass is 168 g/mol. The Morgan fingerprint density at radius 1 is 1.25 bits per heavy atom. The van der Waals surface area contributed by atoms with Gasteiger partial charge < -0.3 is 9.47 Å². The third-order valence-corrected chi connectivity index (χ3v) is 4.18. The zero-order valence-corrected chi connectivity index (χ0v) is 7.96. The van der Waals surface area contributed by atoms with Crippen molar-refractivity contribution < 1.29 is 9.47 Å². The maximum atomic E-state index is 5.86. The molecule has 3 aliphatic rings. The second kappa shape index (κ2) is 1.73. The second-order valence-corrected chi connectivity index (χ2v) is 5.27. The summed E-state index contributed by atoms with van der Waals surface area (Å²) in [6, 6.07) is 0. The molecular formula is C10H16O2. The Morgan fingerprint density at radius 2 is 2.00 bits per heavy atom. The summed E-state index contributed by atoms with van der Waals surface area (Å²) in [5.41, 5.74) is 0.483. The van der Waals surface area contributed by atoms with Crippen LogP contribution in [-0.2, 0) is 9.47 Å². The molecule has 12 heavy (non-hydrogen) atoms. The Labute approximate surface area is 73.2 Å². The highest BCUT2D eigenvalue weighted by Gasteiger charge is 2.67. The summed E-state index contributed by atoms with van der Waals surface area (Å²) in [6.07, 6.45) is 2.91. The van der Waals surface area contributed by atoms with E-state index in [4.69, 9.17) is 9.47 Å². The number of hydrogen-bond acceptors (Lipinski definition) is 2. The van der Waals surface area contributed by atoms with Gasteiger partial charge >= 0.3 is 0 Å². The van der Waals surface area contributed by atoms with E-state index in [-0.39, 0.29) is 11.9 Å². The normalized spacial score (nSPS) is 59.8. The molecule has 2 heteroatoms. The maximum absolute atomic E-state index is 5.86. The Balaban J connectivity index is 2.02. The van der Waals surface area contributed by atoms with Gasteiger partial charge in [-0.05, 0) is 26.2 Å². The predicted octanol–water partition coefficient (Wildman–Crippen LogP) is 1.94. The summed E-state index contributed by atoms with van der Waals surface area (Å²) in [4.78, 5) is 0. The Kier molecular flexibility index (Phi) is 1.06. The van der Waals surface area contributed by atoms with Gasteiger partial charge in [0, 0.05) is 11.8 Å². The van der Waals surface area contributed by atoms with Crippen LogP contribution in [0.5, 0.6) is 0 Å². The van der Waals surface area contributed by atoms with Crippen molar-refractivity contribution >= 4 is 0 Å². The van der Waals surface area contributed by atoms with Gasteiger partial charge in [-0.25, -0.2) is 0 Å². The minimum absolute atomic E-state index is 0.0463. The molecule has 0 spiro atoms. The lowest BCUT2D eigenvalue weighted by molar-refractivity contribution is -0.205. The van der Waals surface area contributed by atoms with Crippen LogP contribution < -0.4 is 0 Å². The molecule has 0 aromatic heterocycles. The first kappa shape index (κ1) is 7.34. The summed E-state index contributed by atoms with van der Waals surface area (Å²) < 4.78 is 11.6. The molecular weight excluding hydrogens is 152 g/mol. The Bertz CT molecular complexity index is 236. The van der Waals surface area contributed by atoms with Crippen LogP contribution >= 0.6 is 0 Å². The third kappa shape index (κ3) is 0.612. The molecule has 1 aliphatic carbocycles. The molecule has 0 N–H and O–H groups in total. The van der Waals surface area contributed by atoms with Crippen LogP contribution in [0.3, 0.4) is 0 Å². The lowest BCUT2D eigenvalue weighted by Gasteiger charge is -2.56. The zero-order valence-electron chi connectivity index (χ0n) is 7.96. The fourth-order valence-electron chi connectivity index (χ4n) is 3.46. The fraction of sp³-hybridized carbons (Fsp3) is 1.00. The van der Waals surface area contributed by atoms with Gasteiger partial charge in [0.2, 0.25) is 0 Å². The molecule has 4 atom stereocenters. The van der Waals surface area contributed by atoms with Crippen molar-refractivity contribution in [1.29, 1.82) is 0 Å². The molecule has 3 fully saturated rings. The Hall–Kier alpha value is -0.0800. The van der Waals surface area contributed by atoms with Crippen molar-refractivity contribution in [2.45, 2.75) is 51.6 Å². The molecule has 2 saturated heterocycles. The van der Waals surface area contributed by atoms with Crippen LogP contribution in [0.25, 0.3) is 0 Å². The average molecular weight is 168 g/mol. The topological polar surface area (TPSA) is 18.5 Å². The largest absolute Gasteiger partial charge is 0.349 e. The van der Waals surface area contributed by atoms with E-state index in [0.29, 0.717) is 17.4 Å². The minimum Gasteiger partial charge on any atom is -0.349 e. The van der Waals surface area contributed by atoms with E-state index in [2.05, 4.69) is 20.8 Å². The highest BCUT2D eigenvalue weighted by atomic mass is 16.7. The second-order valence-electron chi connectivity index (χ2n) is 5.27. The molecule has 1 saturated carbocycles. The van der Waals surface area contributed by atoms with Gasteiger partial charge in [-0.15, -0.1) is 0 Å². The van der Waals surface area contributed by atoms with Crippen LogP contribution in [0.1, 0.15) is 33.6 Å². The van der Waals surface area contributed by atoms with E-state index in [1.165, 1.54) is 6.42 Å². The van der Waals surface area contributed by atoms with Crippen molar-refractivity contribution in [3.63, 3.8) is 0 Å². The highest BCUT2D eigenvalue weighted by Crippen LogP contribution is 2.64. The smallest absolute Gasteiger partial charge is 0.159 e. The molecule has 0 aromatic rings. The molecule has 1 unspecified atom stereocenters. The predicted molar refractivity (Wildman–Crippen MR) is 44.7 cm³/mol. The van der Waals surface area contributed by atoms with E-state index in [9.17, 15) is 0 Å². The van der Waals surface area contributed by atoms with Crippen molar-refractivity contribution in [2.75, 3.05) is 0 Å². The van der Waals surface area contributed by atoms with Crippen molar-refractivity contribution in [3.05, 3.63) is 0 Å². The van der Waals surface area contributed by atoms with E-state index in [0.717, 1.165) is 6.42 Å². The minimum atomic E-state index is 0.0463. The van der Waals surface area contributed by atoms with Gasteiger partial charge in [-0.2, -0.15) is 0 Å². The van der Waals surface area contributed by atoms with Crippen LogP contribution in [-0.4, -0.2) is 18.0 Å². The summed E-state index contributed by atoms with van der Waals surface area (Å²) in [6.45, 7) is 6.76. The van der Waals surface area contributed by atoms with Crippen LogP contribution in [0.15, 0.2) is 0 Å². The first-order valence-corrected chi connectivity index (χ1v) is 4.86. The highest BCUT2D eigenvalue weighted by molar-refractivity contribution is 5.13. The lowest BCUT2D eigenvalue weighted by Crippen LogP contribution is -2.58. The summed E-state index contributed by atoms with van der Waals surface area (Å²) >= 11 is 0. The third-order valence-electron chi connectivity index (χ3n) is 4.18. The zero-order chi connectivity index (χ0) is 8.56. The average Bonchev–Trinajstić information content (AvgIpc) is 2.13. The van der Waals surface area contributed by atoms with Crippen molar-refractivity contribution in [1.82, 2.24) is 0 Å². The molecule has 3 rings (SSSR count). The van der Waals surface area contributed by atoms with E-state index >= 15 is 0 Å². The van der Waals surface area contributed by atoms with E-state index in [1.807, 2.05) is 0 Å². The maximum Gasteiger partial charge on any atom is 0.159 e. The first-order chi connectivity index (χ1) is 5.52. The number of ether oxygens (including phenoxy) is 2. The standard InChI is InChI=1S/C10H16O2/c1-9(2)6-4-7-10(6,3)5-8(11-7)12-9/h6-8H,4-5H2,1-3H3/t6?,7-,8+,10+/m0/s1. The quantitative estimate of drug-likeness (QED) is 0.550. The fourth-order valence-corrected chi connectivity index (χ4v) is 3.46. The summed E-state index contributed by atoms with van der Waals surface area (Å²) in [5, 5.41) is 0.